The van der Waals surface area contributed by atoms with Gasteiger partial charge in [-0.1, -0.05) is 24.3 Å². The van der Waals surface area contributed by atoms with Gasteiger partial charge in [0.2, 0.25) is 0 Å². The zero-order chi connectivity index (χ0) is 12.3. The minimum atomic E-state index is -0.237. The maximum absolute atomic E-state index is 9.41. The average molecular weight is 233 g/mol. The van der Waals surface area contributed by atoms with Gasteiger partial charge in [0.25, 0.3) is 0 Å². The van der Waals surface area contributed by atoms with Gasteiger partial charge in [0.05, 0.1) is 6.10 Å². The van der Waals surface area contributed by atoms with Crippen LogP contribution in [-0.2, 0) is 6.42 Å². The fourth-order valence-corrected chi connectivity index (χ4v) is 2.95. The van der Waals surface area contributed by atoms with E-state index in [0.29, 0.717) is 5.92 Å². The molecule has 0 fully saturated rings. The summed E-state index contributed by atoms with van der Waals surface area (Å²) in [6.07, 6.45) is 3.57. The highest BCUT2D eigenvalue weighted by Crippen LogP contribution is 2.31. The minimum absolute atomic E-state index is 0.237. The average Bonchev–Trinajstić information content (AvgIpc) is 2.28. The summed E-state index contributed by atoms with van der Waals surface area (Å²) in [6.45, 7) is 3.67. The van der Waals surface area contributed by atoms with E-state index in [9.17, 15) is 5.11 Å². The molecular weight excluding hydrogens is 210 g/mol. The molecule has 0 amide bonds. The Labute approximate surface area is 104 Å². The Kier molecular flexibility index (Phi) is 4.19. The van der Waals surface area contributed by atoms with E-state index in [1.165, 1.54) is 30.4 Å². The number of nitrogens with zero attached hydrogens (tertiary/aromatic N) is 1. The summed E-state index contributed by atoms with van der Waals surface area (Å²) in [5.41, 5.74) is 3.05. The fraction of sp³-hybridized carbons (Fsp3) is 0.600. The Balaban J connectivity index is 2.03. The summed E-state index contributed by atoms with van der Waals surface area (Å²) >= 11 is 0. The number of aliphatic hydroxyl groups is 1. The molecule has 2 rings (SSSR count). The van der Waals surface area contributed by atoms with E-state index in [4.69, 9.17) is 0 Å². The quantitative estimate of drug-likeness (QED) is 0.863. The van der Waals surface area contributed by atoms with Gasteiger partial charge in [-0.3, -0.25) is 0 Å². The topological polar surface area (TPSA) is 23.5 Å². The molecular formula is C15H23NO. The number of benzene rings is 1. The first-order valence-electron chi connectivity index (χ1n) is 6.61. The molecule has 0 aliphatic heterocycles. The second kappa shape index (κ2) is 5.65. The summed E-state index contributed by atoms with van der Waals surface area (Å²) in [6, 6.07) is 8.82. The number of aliphatic hydroxyl groups excluding tert-OH is 1. The summed E-state index contributed by atoms with van der Waals surface area (Å²) < 4.78 is 0. The van der Waals surface area contributed by atoms with Crippen LogP contribution < -0.4 is 0 Å². The van der Waals surface area contributed by atoms with Crippen molar-refractivity contribution in [3.63, 3.8) is 0 Å². The summed E-state index contributed by atoms with van der Waals surface area (Å²) in [7, 11) is 2.10. The van der Waals surface area contributed by atoms with Crippen molar-refractivity contribution in [1.29, 1.82) is 0 Å². The summed E-state index contributed by atoms with van der Waals surface area (Å²) in [5.74, 6) is 0.642. The Morgan fingerprint density at radius 1 is 1.41 bits per heavy atom. The van der Waals surface area contributed by atoms with E-state index in [1.54, 1.807) is 0 Å². The molecule has 2 unspecified atom stereocenters. The molecule has 0 heterocycles. The van der Waals surface area contributed by atoms with Crippen molar-refractivity contribution in [3.8, 4) is 0 Å². The van der Waals surface area contributed by atoms with Crippen LogP contribution in [0.15, 0.2) is 24.3 Å². The van der Waals surface area contributed by atoms with Crippen LogP contribution in [0.2, 0.25) is 0 Å². The maximum atomic E-state index is 9.41. The maximum Gasteiger partial charge on any atom is 0.0638 e. The van der Waals surface area contributed by atoms with Gasteiger partial charge >= 0.3 is 0 Å². The third-order valence-electron chi connectivity index (χ3n) is 3.60. The molecule has 2 heteroatoms. The highest BCUT2D eigenvalue weighted by Gasteiger charge is 2.21. The first-order valence-corrected chi connectivity index (χ1v) is 6.61. The SMILES string of the molecule is CC(O)CN(C)CC1CCCc2ccccc21. The van der Waals surface area contributed by atoms with Crippen LogP contribution in [0.4, 0.5) is 0 Å². The van der Waals surface area contributed by atoms with Crippen LogP contribution in [0.1, 0.15) is 36.8 Å². The first kappa shape index (κ1) is 12.6. The molecule has 1 aromatic carbocycles. The highest BCUT2D eigenvalue weighted by molar-refractivity contribution is 5.32. The van der Waals surface area contributed by atoms with Crippen molar-refractivity contribution in [1.82, 2.24) is 4.90 Å². The van der Waals surface area contributed by atoms with Crippen LogP contribution in [0.3, 0.4) is 0 Å². The molecule has 1 aliphatic carbocycles. The number of aryl methyl sites for hydroxylation is 1. The van der Waals surface area contributed by atoms with E-state index in [1.807, 2.05) is 6.92 Å². The lowest BCUT2D eigenvalue weighted by molar-refractivity contribution is 0.136. The Morgan fingerprint density at radius 2 is 2.18 bits per heavy atom. The summed E-state index contributed by atoms with van der Waals surface area (Å²) in [5, 5.41) is 9.41. The van der Waals surface area contributed by atoms with Crippen LogP contribution in [0, 0.1) is 0 Å². The van der Waals surface area contributed by atoms with Gasteiger partial charge in [-0.15, -0.1) is 0 Å². The van der Waals surface area contributed by atoms with Crippen molar-refractivity contribution >= 4 is 0 Å². The zero-order valence-electron chi connectivity index (χ0n) is 10.9. The van der Waals surface area contributed by atoms with Gasteiger partial charge in [-0.05, 0) is 50.3 Å². The minimum Gasteiger partial charge on any atom is -0.392 e. The molecule has 1 N–H and O–H groups in total. The normalized spacial score (nSPS) is 21.3. The zero-order valence-corrected chi connectivity index (χ0v) is 10.9. The molecule has 0 saturated carbocycles. The van der Waals surface area contributed by atoms with Gasteiger partial charge < -0.3 is 10.0 Å². The Hall–Kier alpha value is -0.860. The van der Waals surface area contributed by atoms with Crippen molar-refractivity contribution in [3.05, 3.63) is 35.4 Å². The molecule has 94 valence electrons. The van der Waals surface area contributed by atoms with E-state index < -0.39 is 0 Å². The lowest BCUT2D eigenvalue weighted by Gasteiger charge is -2.29. The second-order valence-electron chi connectivity index (χ2n) is 5.36. The van der Waals surface area contributed by atoms with Gasteiger partial charge in [0.1, 0.15) is 0 Å². The van der Waals surface area contributed by atoms with E-state index in [2.05, 4.69) is 36.2 Å². The van der Waals surface area contributed by atoms with Crippen molar-refractivity contribution in [2.45, 2.75) is 38.2 Å². The van der Waals surface area contributed by atoms with Crippen LogP contribution in [0.5, 0.6) is 0 Å². The molecule has 17 heavy (non-hydrogen) atoms. The number of hydrogen-bond acceptors (Lipinski definition) is 2. The van der Waals surface area contributed by atoms with E-state index in [-0.39, 0.29) is 6.10 Å². The number of likely N-dealkylation sites (N-methyl/N-ethyl adjacent to an activating group) is 1. The molecule has 0 saturated heterocycles. The first-order chi connectivity index (χ1) is 8.16. The Bertz CT molecular complexity index is 362. The van der Waals surface area contributed by atoms with Gasteiger partial charge in [-0.25, -0.2) is 0 Å². The molecule has 0 spiro atoms. The molecule has 2 atom stereocenters. The second-order valence-corrected chi connectivity index (χ2v) is 5.36. The standard InChI is InChI=1S/C15H23NO/c1-12(17)10-16(2)11-14-8-5-7-13-6-3-4-9-15(13)14/h3-4,6,9,12,14,17H,5,7-8,10-11H2,1-2H3. The lowest BCUT2D eigenvalue weighted by atomic mass is 9.82. The monoisotopic (exact) mass is 233 g/mol. The molecule has 0 bridgehead atoms. The number of rotatable bonds is 4. The predicted octanol–water partition coefficient (Wildman–Crippen LogP) is 2.42. The van der Waals surface area contributed by atoms with Crippen molar-refractivity contribution in [2.24, 2.45) is 0 Å². The molecule has 2 nitrogen and oxygen atoms in total. The highest BCUT2D eigenvalue weighted by atomic mass is 16.3. The largest absolute Gasteiger partial charge is 0.392 e. The molecule has 1 aromatic rings. The van der Waals surface area contributed by atoms with Gasteiger partial charge in [-0.2, -0.15) is 0 Å². The molecule has 1 aliphatic rings. The molecule has 0 aromatic heterocycles. The van der Waals surface area contributed by atoms with E-state index in [0.717, 1.165) is 13.1 Å². The number of fused-ring (bicyclic) bond motifs is 1. The fourth-order valence-electron chi connectivity index (χ4n) is 2.95. The van der Waals surface area contributed by atoms with Gasteiger partial charge in [0.15, 0.2) is 0 Å². The smallest absolute Gasteiger partial charge is 0.0638 e. The van der Waals surface area contributed by atoms with E-state index >= 15 is 0 Å². The van der Waals surface area contributed by atoms with Crippen LogP contribution in [-0.4, -0.2) is 36.2 Å². The predicted molar refractivity (Wildman–Crippen MR) is 71.3 cm³/mol. The summed E-state index contributed by atoms with van der Waals surface area (Å²) in [4.78, 5) is 2.25. The Morgan fingerprint density at radius 3 is 2.94 bits per heavy atom. The van der Waals surface area contributed by atoms with Gasteiger partial charge in [0, 0.05) is 13.1 Å². The third-order valence-corrected chi connectivity index (χ3v) is 3.60. The number of hydrogen-bond donors (Lipinski definition) is 1. The van der Waals surface area contributed by atoms with Crippen molar-refractivity contribution < 1.29 is 5.11 Å². The third kappa shape index (κ3) is 3.30. The van der Waals surface area contributed by atoms with Crippen LogP contribution in [0.25, 0.3) is 0 Å². The van der Waals surface area contributed by atoms with Crippen molar-refractivity contribution in [2.75, 3.05) is 20.1 Å². The van der Waals surface area contributed by atoms with Crippen LogP contribution >= 0.6 is 0 Å². The lowest BCUT2D eigenvalue weighted by Crippen LogP contribution is -2.32. The molecule has 0 radical (unpaired) electrons.